The SMILES string of the molecule is Cc1nc(C)c(C(=O)N2CCOCC2c2c(C)nn(C)c2C)s1. The van der Waals surface area contributed by atoms with Gasteiger partial charge in [-0.2, -0.15) is 5.10 Å². The highest BCUT2D eigenvalue weighted by Crippen LogP contribution is 2.31. The highest BCUT2D eigenvalue weighted by atomic mass is 32.1. The quantitative estimate of drug-likeness (QED) is 0.846. The summed E-state index contributed by atoms with van der Waals surface area (Å²) in [5.74, 6) is 0.0454. The molecular formula is C16H22N4O2S. The fraction of sp³-hybridized carbons (Fsp3) is 0.562. The van der Waals surface area contributed by atoms with Gasteiger partial charge in [0.15, 0.2) is 0 Å². The summed E-state index contributed by atoms with van der Waals surface area (Å²) in [7, 11) is 1.93. The Labute approximate surface area is 140 Å². The van der Waals surface area contributed by atoms with Gasteiger partial charge >= 0.3 is 0 Å². The highest BCUT2D eigenvalue weighted by molar-refractivity contribution is 7.13. The number of rotatable bonds is 2. The normalized spacial score (nSPS) is 18.5. The van der Waals surface area contributed by atoms with E-state index in [1.165, 1.54) is 11.3 Å². The van der Waals surface area contributed by atoms with Gasteiger partial charge in [0.05, 0.1) is 35.7 Å². The van der Waals surface area contributed by atoms with Crippen LogP contribution in [0.15, 0.2) is 0 Å². The molecule has 1 atom stereocenters. The minimum atomic E-state index is -0.0910. The molecule has 7 heteroatoms. The fourth-order valence-electron chi connectivity index (χ4n) is 3.22. The summed E-state index contributed by atoms with van der Waals surface area (Å²) < 4.78 is 7.53. The Bertz CT molecular complexity index is 750. The van der Waals surface area contributed by atoms with Gasteiger partial charge in [-0.1, -0.05) is 0 Å². The number of carbonyl (C=O) groups is 1. The highest BCUT2D eigenvalue weighted by Gasteiger charge is 2.34. The maximum atomic E-state index is 13.1. The van der Waals surface area contributed by atoms with Crippen molar-refractivity contribution in [2.24, 2.45) is 7.05 Å². The molecule has 2 aromatic heterocycles. The van der Waals surface area contributed by atoms with Crippen molar-refractivity contribution >= 4 is 17.2 Å². The van der Waals surface area contributed by atoms with Crippen molar-refractivity contribution < 1.29 is 9.53 Å². The molecule has 0 saturated carbocycles. The molecule has 3 heterocycles. The second kappa shape index (κ2) is 6.05. The van der Waals surface area contributed by atoms with Crippen LogP contribution in [0.25, 0.3) is 0 Å². The van der Waals surface area contributed by atoms with Gasteiger partial charge in [-0.05, 0) is 27.7 Å². The number of carbonyl (C=O) groups excluding carboxylic acids is 1. The number of hydrogen-bond donors (Lipinski definition) is 0. The summed E-state index contributed by atoms with van der Waals surface area (Å²) in [6.45, 7) is 9.52. The van der Waals surface area contributed by atoms with Crippen LogP contribution in [-0.2, 0) is 11.8 Å². The zero-order valence-electron chi connectivity index (χ0n) is 14.2. The number of hydrogen-bond acceptors (Lipinski definition) is 5. The number of morpholine rings is 1. The molecule has 124 valence electrons. The Morgan fingerprint density at radius 3 is 2.57 bits per heavy atom. The molecule has 0 radical (unpaired) electrons. The van der Waals surface area contributed by atoms with Gasteiger partial charge in [0.1, 0.15) is 4.88 Å². The van der Waals surface area contributed by atoms with Crippen molar-refractivity contribution in [2.75, 3.05) is 19.8 Å². The summed E-state index contributed by atoms with van der Waals surface area (Å²) in [5, 5.41) is 5.41. The summed E-state index contributed by atoms with van der Waals surface area (Å²) in [4.78, 5) is 20.1. The molecule has 1 aliphatic rings. The lowest BCUT2D eigenvalue weighted by molar-refractivity contribution is -0.00283. The molecule has 1 amide bonds. The second-order valence-corrected chi connectivity index (χ2v) is 7.15. The van der Waals surface area contributed by atoms with Crippen molar-refractivity contribution in [3.8, 4) is 0 Å². The number of aromatic nitrogens is 3. The summed E-state index contributed by atoms with van der Waals surface area (Å²) in [5.41, 5.74) is 3.94. The molecule has 3 rings (SSSR count). The van der Waals surface area contributed by atoms with E-state index in [9.17, 15) is 4.79 Å². The second-order valence-electron chi connectivity index (χ2n) is 5.94. The number of aryl methyl sites for hydroxylation is 4. The summed E-state index contributed by atoms with van der Waals surface area (Å²) in [6.07, 6.45) is 0. The van der Waals surface area contributed by atoms with E-state index in [0.717, 1.165) is 32.5 Å². The third-order valence-electron chi connectivity index (χ3n) is 4.39. The predicted octanol–water partition coefficient (Wildman–Crippen LogP) is 2.32. The lowest BCUT2D eigenvalue weighted by Gasteiger charge is -2.35. The molecule has 1 aliphatic heterocycles. The van der Waals surface area contributed by atoms with E-state index in [1.807, 2.05) is 44.3 Å². The fourth-order valence-corrected chi connectivity index (χ4v) is 4.09. The smallest absolute Gasteiger partial charge is 0.266 e. The minimum Gasteiger partial charge on any atom is -0.377 e. The number of ether oxygens (including phenoxy) is 1. The van der Waals surface area contributed by atoms with Gasteiger partial charge in [-0.25, -0.2) is 4.98 Å². The van der Waals surface area contributed by atoms with Gasteiger partial charge in [0.2, 0.25) is 0 Å². The largest absolute Gasteiger partial charge is 0.377 e. The summed E-state index contributed by atoms with van der Waals surface area (Å²) >= 11 is 1.46. The van der Waals surface area contributed by atoms with Crippen LogP contribution in [0.4, 0.5) is 0 Å². The van der Waals surface area contributed by atoms with Crippen LogP contribution >= 0.6 is 11.3 Å². The molecule has 1 saturated heterocycles. The van der Waals surface area contributed by atoms with E-state index in [4.69, 9.17) is 4.74 Å². The first kappa shape index (κ1) is 16.1. The van der Waals surface area contributed by atoms with Gasteiger partial charge in [-0.3, -0.25) is 9.48 Å². The molecule has 1 fully saturated rings. The van der Waals surface area contributed by atoms with E-state index in [0.29, 0.717) is 19.8 Å². The molecule has 0 bridgehead atoms. The zero-order valence-corrected chi connectivity index (χ0v) is 15.0. The Hall–Kier alpha value is -1.73. The molecule has 2 aromatic rings. The van der Waals surface area contributed by atoms with E-state index in [1.54, 1.807) is 0 Å². The van der Waals surface area contributed by atoms with E-state index in [2.05, 4.69) is 10.1 Å². The first-order valence-electron chi connectivity index (χ1n) is 7.73. The van der Waals surface area contributed by atoms with Gasteiger partial charge in [0, 0.05) is 24.8 Å². The van der Waals surface area contributed by atoms with Gasteiger partial charge < -0.3 is 9.64 Å². The predicted molar refractivity (Wildman–Crippen MR) is 88.9 cm³/mol. The van der Waals surface area contributed by atoms with Crippen LogP contribution in [0.1, 0.15) is 43.4 Å². The minimum absolute atomic E-state index is 0.0454. The van der Waals surface area contributed by atoms with E-state index < -0.39 is 0 Å². The van der Waals surface area contributed by atoms with Crippen molar-refractivity contribution in [1.29, 1.82) is 0 Å². The topological polar surface area (TPSA) is 60.3 Å². The maximum absolute atomic E-state index is 13.1. The van der Waals surface area contributed by atoms with Crippen LogP contribution in [0.5, 0.6) is 0 Å². The zero-order chi connectivity index (χ0) is 16.7. The molecule has 0 aliphatic carbocycles. The molecule has 6 nitrogen and oxygen atoms in total. The first-order valence-corrected chi connectivity index (χ1v) is 8.54. The Kier molecular flexibility index (Phi) is 4.25. The molecule has 0 aromatic carbocycles. The van der Waals surface area contributed by atoms with Crippen molar-refractivity contribution in [3.05, 3.63) is 32.5 Å². The van der Waals surface area contributed by atoms with Gasteiger partial charge in [-0.15, -0.1) is 11.3 Å². The summed E-state index contributed by atoms with van der Waals surface area (Å²) in [6, 6.07) is -0.0910. The number of nitrogens with zero attached hydrogens (tertiary/aromatic N) is 4. The number of amides is 1. The molecule has 1 unspecified atom stereocenters. The monoisotopic (exact) mass is 334 g/mol. The Morgan fingerprint density at radius 1 is 1.26 bits per heavy atom. The first-order chi connectivity index (χ1) is 10.9. The lowest BCUT2D eigenvalue weighted by Crippen LogP contribution is -2.43. The Balaban J connectivity index is 1.99. The van der Waals surface area contributed by atoms with E-state index in [-0.39, 0.29) is 11.9 Å². The van der Waals surface area contributed by atoms with Crippen molar-refractivity contribution in [3.63, 3.8) is 0 Å². The van der Waals surface area contributed by atoms with Crippen LogP contribution in [-0.4, -0.2) is 45.3 Å². The van der Waals surface area contributed by atoms with Crippen LogP contribution in [0.2, 0.25) is 0 Å². The van der Waals surface area contributed by atoms with Crippen LogP contribution in [0.3, 0.4) is 0 Å². The lowest BCUT2D eigenvalue weighted by atomic mass is 10.0. The number of thiazole rings is 1. The average Bonchev–Trinajstić information content (AvgIpc) is 2.97. The molecule has 0 spiro atoms. The van der Waals surface area contributed by atoms with Gasteiger partial charge in [0.25, 0.3) is 5.91 Å². The maximum Gasteiger partial charge on any atom is 0.266 e. The molecule has 23 heavy (non-hydrogen) atoms. The molecular weight excluding hydrogens is 312 g/mol. The van der Waals surface area contributed by atoms with E-state index >= 15 is 0 Å². The molecule has 0 N–H and O–H groups in total. The average molecular weight is 334 g/mol. The van der Waals surface area contributed by atoms with Crippen molar-refractivity contribution in [1.82, 2.24) is 19.7 Å². The van der Waals surface area contributed by atoms with Crippen LogP contribution < -0.4 is 0 Å². The van der Waals surface area contributed by atoms with Crippen molar-refractivity contribution in [2.45, 2.75) is 33.7 Å². The third kappa shape index (κ3) is 2.79. The third-order valence-corrected chi connectivity index (χ3v) is 5.45. The Morgan fingerprint density at radius 2 is 2.00 bits per heavy atom. The standard InChI is InChI=1S/C16H22N4O2S/c1-9-14(11(3)19(5)18-9)13-8-22-7-6-20(13)16(21)15-10(2)17-12(4)23-15/h13H,6-8H2,1-5H3. The van der Waals surface area contributed by atoms with Crippen LogP contribution in [0, 0.1) is 27.7 Å².